The summed E-state index contributed by atoms with van der Waals surface area (Å²) in [4.78, 5) is 15.9. The molecule has 5 heteroatoms. The summed E-state index contributed by atoms with van der Waals surface area (Å²) in [5.74, 6) is 4.77. The van der Waals surface area contributed by atoms with Crippen LogP contribution in [0.2, 0.25) is 0 Å². The maximum Gasteiger partial charge on any atom is 0.269 e. The number of halogens is 1. The van der Waals surface area contributed by atoms with Gasteiger partial charge < -0.3 is 10.4 Å². The van der Waals surface area contributed by atoms with Gasteiger partial charge in [-0.3, -0.25) is 4.79 Å². The predicted octanol–water partition coefficient (Wildman–Crippen LogP) is 2.12. The second-order valence-electron chi connectivity index (χ2n) is 5.66. The molecule has 0 spiro atoms. The quantitative estimate of drug-likeness (QED) is 0.854. The van der Waals surface area contributed by atoms with Crippen LogP contribution in [0.3, 0.4) is 0 Å². The molecule has 0 aliphatic carbocycles. The summed E-state index contributed by atoms with van der Waals surface area (Å²) in [5, 5.41) is 12.2. The first-order chi connectivity index (χ1) is 10.8. The van der Waals surface area contributed by atoms with E-state index in [1.807, 2.05) is 0 Å². The van der Waals surface area contributed by atoms with Gasteiger partial charge in [0.2, 0.25) is 0 Å². The van der Waals surface area contributed by atoms with Crippen LogP contribution in [0.5, 0.6) is 0 Å². The summed E-state index contributed by atoms with van der Waals surface area (Å²) in [6, 6.07) is 9.42. The van der Waals surface area contributed by atoms with Crippen LogP contribution in [-0.2, 0) is 0 Å². The number of hydrogen-bond acceptors (Lipinski definition) is 3. The van der Waals surface area contributed by atoms with Crippen LogP contribution in [-0.4, -0.2) is 28.1 Å². The zero-order valence-electron chi connectivity index (χ0n) is 12.9. The SMILES string of the molecule is CC(C)(O)CNC(=O)c1ccc(C#Cc2ccccc2F)cn1. The van der Waals surface area contributed by atoms with Crippen molar-refractivity contribution in [2.24, 2.45) is 0 Å². The van der Waals surface area contributed by atoms with Gasteiger partial charge in [-0.15, -0.1) is 0 Å². The van der Waals surface area contributed by atoms with Gasteiger partial charge in [0.1, 0.15) is 11.5 Å². The molecule has 0 saturated carbocycles. The molecule has 0 atom stereocenters. The third kappa shape index (κ3) is 5.20. The van der Waals surface area contributed by atoms with E-state index in [-0.39, 0.29) is 24.0 Å². The van der Waals surface area contributed by atoms with E-state index < -0.39 is 5.60 Å². The summed E-state index contributed by atoms with van der Waals surface area (Å²) in [7, 11) is 0. The van der Waals surface area contributed by atoms with Crippen molar-refractivity contribution in [3.63, 3.8) is 0 Å². The maximum absolute atomic E-state index is 13.5. The van der Waals surface area contributed by atoms with Gasteiger partial charge in [0.05, 0.1) is 11.2 Å². The molecule has 0 bridgehead atoms. The standard InChI is InChI=1S/C18H17FN2O2/c1-18(2,23)12-21-17(22)16-10-8-13(11-20-16)7-9-14-5-3-4-6-15(14)19/h3-6,8,10-11,23H,12H2,1-2H3,(H,21,22). The minimum absolute atomic E-state index is 0.127. The summed E-state index contributed by atoms with van der Waals surface area (Å²) >= 11 is 0. The second kappa shape index (κ2) is 7.03. The van der Waals surface area contributed by atoms with Crippen LogP contribution < -0.4 is 5.32 Å². The number of pyridine rings is 1. The van der Waals surface area contributed by atoms with Crippen molar-refractivity contribution in [1.29, 1.82) is 0 Å². The minimum Gasteiger partial charge on any atom is -0.389 e. The highest BCUT2D eigenvalue weighted by molar-refractivity contribution is 5.92. The molecule has 4 nitrogen and oxygen atoms in total. The van der Waals surface area contributed by atoms with Gasteiger partial charge in [-0.2, -0.15) is 0 Å². The van der Waals surface area contributed by atoms with E-state index in [0.717, 1.165) is 0 Å². The Balaban J connectivity index is 2.06. The summed E-state index contributed by atoms with van der Waals surface area (Å²) in [6.45, 7) is 3.33. The Labute approximate surface area is 134 Å². The van der Waals surface area contributed by atoms with Gasteiger partial charge in [0.15, 0.2) is 0 Å². The van der Waals surface area contributed by atoms with Gasteiger partial charge >= 0.3 is 0 Å². The molecule has 1 amide bonds. The molecule has 2 N–H and O–H groups in total. The molecule has 0 aliphatic rings. The Bertz CT molecular complexity index is 753. The van der Waals surface area contributed by atoms with Crippen molar-refractivity contribution in [2.75, 3.05) is 6.54 Å². The number of amides is 1. The highest BCUT2D eigenvalue weighted by atomic mass is 19.1. The number of nitrogens with zero attached hydrogens (tertiary/aromatic N) is 1. The lowest BCUT2D eigenvalue weighted by atomic mass is 10.1. The largest absolute Gasteiger partial charge is 0.389 e. The van der Waals surface area contributed by atoms with Gasteiger partial charge in [0.25, 0.3) is 5.91 Å². The van der Waals surface area contributed by atoms with Gasteiger partial charge in [0, 0.05) is 18.3 Å². The van der Waals surface area contributed by atoms with Crippen LogP contribution in [0.4, 0.5) is 4.39 Å². The number of aliphatic hydroxyl groups is 1. The molecule has 0 aliphatic heterocycles. The van der Waals surface area contributed by atoms with E-state index in [4.69, 9.17) is 0 Å². The lowest BCUT2D eigenvalue weighted by Crippen LogP contribution is -2.38. The third-order valence-corrected chi connectivity index (χ3v) is 2.89. The molecule has 1 aromatic carbocycles. The molecule has 118 valence electrons. The van der Waals surface area contributed by atoms with Crippen molar-refractivity contribution < 1.29 is 14.3 Å². The normalized spacial score (nSPS) is 10.6. The Morgan fingerprint density at radius 1 is 1.26 bits per heavy atom. The molecular formula is C18H17FN2O2. The lowest BCUT2D eigenvalue weighted by Gasteiger charge is -2.17. The van der Waals surface area contributed by atoms with E-state index in [9.17, 15) is 14.3 Å². The first kappa shape index (κ1) is 16.7. The molecule has 23 heavy (non-hydrogen) atoms. The fourth-order valence-electron chi connectivity index (χ4n) is 1.69. The van der Waals surface area contributed by atoms with E-state index in [1.54, 1.807) is 38.1 Å². The second-order valence-corrected chi connectivity index (χ2v) is 5.66. The van der Waals surface area contributed by atoms with Crippen molar-refractivity contribution in [3.8, 4) is 11.8 Å². The lowest BCUT2D eigenvalue weighted by molar-refractivity contribution is 0.0692. The monoisotopic (exact) mass is 312 g/mol. The van der Waals surface area contributed by atoms with E-state index in [2.05, 4.69) is 22.1 Å². The molecule has 0 saturated heterocycles. The number of nitrogens with one attached hydrogen (secondary N) is 1. The summed E-state index contributed by atoms with van der Waals surface area (Å²) < 4.78 is 13.5. The van der Waals surface area contributed by atoms with Gasteiger partial charge in [-0.1, -0.05) is 24.0 Å². The highest BCUT2D eigenvalue weighted by Crippen LogP contribution is 2.05. The number of carbonyl (C=O) groups is 1. The molecule has 0 fully saturated rings. The van der Waals surface area contributed by atoms with Gasteiger partial charge in [-0.05, 0) is 38.1 Å². The van der Waals surface area contributed by atoms with Crippen LogP contribution in [0.25, 0.3) is 0 Å². The van der Waals surface area contributed by atoms with Crippen molar-refractivity contribution in [1.82, 2.24) is 10.3 Å². The fraction of sp³-hybridized carbons (Fsp3) is 0.222. The topological polar surface area (TPSA) is 62.2 Å². The average molecular weight is 312 g/mol. The number of hydrogen-bond donors (Lipinski definition) is 2. The smallest absolute Gasteiger partial charge is 0.269 e. The first-order valence-corrected chi connectivity index (χ1v) is 7.08. The van der Waals surface area contributed by atoms with Crippen molar-refractivity contribution >= 4 is 5.91 Å². The maximum atomic E-state index is 13.5. The summed E-state index contributed by atoms with van der Waals surface area (Å²) in [6.07, 6.45) is 1.45. The number of benzene rings is 1. The number of rotatable bonds is 3. The molecule has 0 radical (unpaired) electrons. The van der Waals surface area contributed by atoms with Crippen LogP contribution in [0.15, 0.2) is 42.6 Å². The molecule has 1 aromatic heterocycles. The van der Waals surface area contributed by atoms with E-state index >= 15 is 0 Å². The van der Waals surface area contributed by atoms with Crippen molar-refractivity contribution in [3.05, 3.63) is 65.2 Å². The van der Waals surface area contributed by atoms with E-state index in [0.29, 0.717) is 11.1 Å². The predicted molar refractivity (Wildman–Crippen MR) is 85.2 cm³/mol. The molecular weight excluding hydrogens is 295 g/mol. The Kier molecular flexibility index (Phi) is 5.09. The first-order valence-electron chi connectivity index (χ1n) is 7.08. The average Bonchev–Trinajstić information content (AvgIpc) is 2.52. The fourth-order valence-corrected chi connectivity index (χ4v) is 1.69. The molecule has 2 aromatic rings. The van der Waals surface area contributed by atoms with Crippen LogP contribution in [0.1, 0.15) is 35.5 Å². The minimum atomic E-state index is -0.985. The Hall–Kier alpha value is -2.71. The summed E-state index contributed by atoms with van der Waals surface area (Å²) in [5.41, 5.74) is 0.123. The zero-order chi connectivity index (χ0) is 16.9. The highest BCUT2D eigenvalue weighted by Gasteiger charge is 2.15. The van der Waals surface area contributed by atoms with E-state index in [1.165, 1.54) is 18.3 Å². The van der Waals surface area contributed by atoms with Crippen molar-refractivity contribution in [2.45, 2.75) is 19.4 Å². The molecule has 1 heterocycles. The van der Waals surface area contributed by atoms with Crippen LogP contribution in [0, 0.1) is 17.7 Å². The number of carbonyl (C=O) groups excluding carboxylic acids is 1. The third-order valence-electron chi connectivity index (χ3n) is 2.89. The number of aromatic nitrogens is 1. The molecule has 0 unspecified atom stereocenters. The molecule has 2 rings (SSSR count). The Morgan fingerprint density at radius 3 is 2.61 bits per heavy atom. The Morgan fingerprint density at radius 2 is 2.00 bits per heavy atom. The van der Waals surface area contributed by atoms with Gasteiger partial charge in [-0.25, -0.2) is 9.37 Å². The van der Waals surface area contributed by atoms with Crippen LogP contribution >= 0.6 is 0 Å². The zero-order valence-corrected chi connectivity index (χ0v) is 12.9.